The number of aromatic amines is 1. The van der Waals surface area contributed by atoms with E-state index in [4.69, 9.17) is 4.74 Å². The molecule has 2 N–H and O–H groups in total. The van der Waals surface area contributed by atoms with Gasteiger partial charge < -0.3 is 15.0 Å². The Balaban J connectivity index is 1.31. The summed E-state index contributed by atoms with van der Waals surface area (Å²) in [5, 5.41) is 4.36. The van der Waals surface area contributed by atoms with Crippen molar-refractivity contribution in [1.29, 1.82) is 0 Å². The molecule has 9 heteroatoms. The van der Waals surface area contributed by atoms with E-state index in [9.17, 15) is 9.59 Å². The van der Waals surface area contributed by atoms with Gasteiger partial charge in [-0.05, 0) is 63.0 Å². The van der Waals surface area contributed by atoms with Crippen molar-refractivity contribution in [2.75, 3.05) is 25.0 Å². The maximum Gasteiger partial charge on any atom is 0.326 e. The molecule has 0 atom stereocenters. The molecule has 0 spiro atoms. The van der Waals surface area contributed by atoms with Crippen molar-refractivity contribution in [2.45, 2.75) is 46.3 Å². The van der Waals surface area contributed by atoms with Gasteiger partial charge in [0, 0.05) is 25.0 Å². The summed E-state index contributed by atoms with van der Waals surface area (Å²) >= 11 is 0. The third-order valence-corrected chi connectivity index (χ3v) is 7.01. The fourth-order valence-electron chi connectivity index (χ4n) is 5.05. The number of fused-ring (bicyclic) bond motifs is 2. The number of benzene rings is 2. The average molecular weight is 489 g/mol. The first-order valence-electron chi connectivity index (χ1n) is 12.6. The Kier molecular flexibility index (Phi) is 6.99. The van der Waals surface area contributed by atoms with E-state index >= 15 is 0 Å². The second-order valence-electron chi connectivity index (χ2n) is 9.21. The number of H-pyrrole nitrogens is 1. The lowest BCUT2D eigenvalue weighted by Gasteiger charge is -2.31. The van der Waals surface area contributed by atoms with Crippen molar-refractivity contribution >= 4 is 33.7 Å². The number of rotatable bonds is 8. The number of piperidine rings is 1. The van der Waals surface area contributed by atoms with Crippen LogP contribution in [0.1, 0.15) is 37.8 Å². The summed E-state index contributed by atoms with van der Waals surface area (Å²) in [6, 6.07) is 12.3. The van der Waals surface area contributed by atoms with Crippen LogP contribution in [0.4, 0.5) is 5.82 Å². The summed E-state index contributed by atoms with van der Waals surface area (Å²) in [7, 11) is 0. The van der Waals surface area contributed by atoms with Crippen LogP contribution < -0.4 is 11.0 Å². The molecule has 0 bridgehead atoms. The lowest BCUT2D eigenvalue weighted by molar-refractivity contribution is -0.149. The van der Waals surface area contributed by atoms with Crippen LogP contribution in [-0.2, 0) is 29.2 Å². The van der Waals surface area contributed by atoms with Crippen LogP contribution in [0, 0.1) is 5.92 Å². The van der Waals surface area contributed by atoms with E-state index in [2.05, 4.69) is 43.4 Å². The number of hydrogen-bond donors (Lipinski definition) is 2. The van der Waals surface area contributed by atoms with Gasteiger partial charge >= 0.3 is 11.7 Å². The van der Waals surface area contributed by atoms with Crippen molar-refractivity contribution in [3.8, 4) is 0 Å². The van der Waals surface area contributed by atoms with Crippen LogP contribution in [0.5, 0.6) is 0 Å². The summed E-state index contributed by atoms with van der Waals surface area (Å²) in [5.41, 5.74) is 4.74. The van der Waals surface area contributed by atoms with Crippen LogP contribution in [0.25, 0.3) is 21.9 Å². The molecule has 4 aromatic rings. The fraction of sp³-hybridized carbons (Fsp3) is 0.407. The topological polar surface area (TPSA) is 105 Å². The standard InChI is InChI=1S/C27H32N6O3/c1-3-33-24-14-22-21(13-23(24)31-27(33)35)25(30-17-29-22)28-15-19-7-5-6-8-20(19)16-32-11-9-18(10-12-32)26(34)36-4-2/h5-8,13-14,17-18H,3-4,9-12,15-16H2,1-2H3,(H,31,35)(H,28,29,30). The van der Waals surface area contributed by atoms with E-state index < -0.39 is 0 Å². The number of aryl methyl sites for hydroxylation is 1. The Morgan fingerprint density at radius 3 is 2.67 bits per heavy atom. The number of anilines is 1. The Morgan fingerprint density at radius 2 is 1.92 bits per heavy atom. The van der Waals surface area contributed by atoms with Gasteiger partial charge in [-0.25, -0.2) is 14.8 Å². The van der Waals surface area contributed by atoms with Gasteiger partial charge in [-0.2, -0.15) is 0 Å². The van der Waals surface area contributed by atoms with E-state index in [1.54, 1.807) is 10.9 Å². The van der Waals surface area contributed by atoms with E-state index in [-0.39, 0.29) is 17.6 Å². The minimum absolute atomic E-state index is 0.0137. The molecule has 2 aromatic carbocycles. The molecule has 1 fully saturated rings. The monoisotopic (exact) mass is 488 g/mol. The largest absolute Gasteiger partial charge is 0.466 e. The first kappa shape index (κ1) is 24.0. The summed E-state index contributed by atoms with van der Waals surface area (Å²) in [5.74, 6) is 0.684. The summed E-state index contributed by atoms with van der Waals surface area (Å²) < 4.78 is 6.90. The lowest BCUT2D eigenvalue weighted by Crippen LogP contribution is -2.36. The van der Waals surface area contributed by atoms with Crippen molar-refractivity contribution in [2.24, 2.45) is 5.92 Å². The smallest absolute Gasteiger partial charge is 0.326 e. The second kappa shape index (κ2) is 10.5. The van der Waals surface area contributed by atoms with Crippen LogP contribution in [-0.4, -0.2) is 50.1 Å². The number of likely N-dealkylation sites (tertiary alicyclic amines) is 1. The van der Waals surface area contributed by atoms with Crippen molar-refractivity contribution in [3.05, 3.63) is 64.3 Å². The number of carbonyl (C=O) groups is 1. The molecule has 36 heavy (non-hydrogen) atoms. The third kappa shape index (κ3) is 4.83. The highest BCUT2D eigenvalue weighted by Crippen LogP contribution is 2.26. The molecule has 1 aliphatic rings. The number of aromatic nitrogens is 4. The van der Waals surface area contributed by atoms with Gasteiger partial charge in [-0.1, -0.05) is 24.3 Å². The van der Waals surface area contributed by atoms with E-state index in [1.807, 2.05) is 32.0 Å². The molecule has 3 heterocycles. The molecule has 0 radical (unpaired) electrons. The number of imidazole rings is 1. The van der Waals surface area contributed by atoms with Gasteiger partial charge in [0.05, 0.1) is 29.1 Å². The molecule has 2 aromatic heterocycles. The van der Waals surface area contributed by atoms with Gasteiger partial charge in [0.15, 0.2) is 0 Å². The molecule has 188 valence electrons. The van der Waals surface area contributed by atoms with Crippen LogP contribution >= 0.6 is 0 Å². The molecule has 9 nitrogen and oxygen atoms in total. The highest BCUT2D eigenvalue weighted by Gasteiger charge is 2.26. The molecule has 0 saturated carbocycles. The van der Waals surface area contributed by atoms with E-state index in [0.717, 1.165) is 60.2 Å². The molecule has 5 rings (SSSR count). The minimum atomic E-state index is -0.120. The maximum atomic E-state index is 12.3. The van der Waals surface area contributed by atoms with Gasteiger partial charge in [0.25, 0.3) is 0 Å². The highest BCUT2D eigenvalue weighted by atomic mass is 16.5. The summed E-state index contributed by atoms with van der Waals surface area (Å²) in [6.45, 7) is 8.06. The van der Waals surface area contributed by atoms with Crippen molar-refractivity contribution in [3.63, 3.8) is 0 Å². The van der Waals surface area contributed by atoms with Crippen LogP contribution in [0.15, 0.2) is 47.5 Å². The molecule has 0 unspecified atom stereocenters. The Morgan fingerprint density at radius 1 is 1.14 bits per heavy atom. The van der Waals surface area contributed by atoms with Gasteiger partial charge in [0.1, 0.15) is 12.1 Å². The second-order valence-corrected chi connectivity index (χ2v) is 9.21. The molecule has 0 amide bonds. The number of nitrogens with one attached hydrogen (secondary N) is 2. The SMILES string of the molecule is CCOC(=O)C1CCN(Cc2ccccc2CNc2ncnc3cc4c(cc23)[nH]c(=O)n4CC)CC1. The number of carbonyl (C=O) groups excluding carboxylic acids is 1. The number of hydrogen-bond acceptors (Lipinski definition) is 7. The van der Waals surface area contributed by atoms with E-state index in [1.165, 1.54) is 11.1 Å². The number of ether oxygens (including phenoxy) is 1. The third-order valence-electron chi connectivity index (χ3n) is 7.01. The summed E-state index contributed by atoms with van der Waals surface area (Å²) in [4.78, 5) is 38.6. The number of esters is 1. The average Bonchev–Trinajstić information content (AvgIpc) is 3.21. The fourth-order valence-corrected chi connectivity index (χ4v) is 5.05. The first-order chi connectivity index (χ1) is 17.6. The van der Waals surface area contributed by atoms with Gasteiger partial charge in [-0.3, -0.25) is 14.3 Å². The van der Waals surface area contributed by atoms with Gasteiger partial charge in [-0.15, -0.1) is 0 Å². The first-order valence-corrected chi connectivity index (χ1v) is 12.6. The quantitative estimate of drug-likeness (QED) is 0.365. The zero-order chi connectivity index (χ0) is 25.1. The van der Waals surface area contributed by atoms with Crippen molar-refractivity contribution in [1.82, 2.24) is 24.4 Å². The maximum absolute atomic E-state index is 12.3. The van der Waals surface area contributed by atoms with Crippen LogP contribution in [0.3, 0.4) is 0 Å². The molecular formula is C27H32N6O3. The predicted octanol–water partition coefficient (Wildman–Crippen LogP) is 3.68. The predicted molar refractivity (Wildman–Crippen MR) is 140 cm³/mol. The highest BCUT2D eigenvalue weighted by molar-refractivity contribution is 5.98. The zero-order valence-corrected chi connectivity index (χ0v) is 20.8. The van der Waals surface area contributed by atoms with E-state index in [0.29, 0.717) is 19.7 Å². The molecule has 1 aliphatic heterocycles. The Hall–Kier alpha value is -3.72. The number of nitrogens with zero attached hydrogens (tertiary/aromatic N) is 4. The van der Waals surface area contributed by atoms with Crippen LogP contribution in [0.2, 0.25) is 0 Å². The van der Waals surface area contributed by atoms with Gasteiger partial charge in [0.2, 0.25) is 0 Å². The Labute approximate surface area is 209 Å². The minimum Gasteiger partial charge on any atom is -0.466 e. The zero-order valence-electron chi connectivity index (χ0n) is 20.8. The Bertz CT molecular complexity index is 1430. The normalized spacial score (nSPS) is 14.9. The molecule has 1 saturated heterocycles. The van der Waals surface area contributed by atoms with Crippen molar-refractivity contribution < 1.29 is 9.53 Å². The lowest BCUT2D eigenvalue weighted by atomic mass is 9.96. The molecular weight excluding hydrogens is 456 g/mol. The summed E-state index contributed by atoms with van der Waals surface area (Å²) in [6.07, 6.45) is 3.22. The molecule has 0 aliphatic carbocycles.